The van der Waals surface area contributed by atoms with Gasteiger partial charge in [0.25, 0.3) is 11.6 Å². The first-order chi connectivity index (χ1) is 16.2. The van der Waals surface area contributed by atoms with E-state index in [0.717, 1.165) is 38.0 Å². The lowest BCUT2D eigenvalue weighted by Gasteiger charge is -2.34. The molecule has 34 heavy (non-hydrogen) atoms. The molecule has 11 heteroatoms. The van der Waals surface area contributed by atoms with Crippen molar-refractivity contribution in [1.29, 1.82) is 0 Å². The molecular formula is C23H29N5O5S. The van der Waals surface area contributed by atoms with Crippen molar-refractivity contribution in [1.82, 2.24) is 4.31 Å². The lowest BCUT2D eigenvalue weighted by atomic mass is 10.1. The van der Waals surface area contributed by atoms with Crippen LogP contribution >= 0.6 is 0 Å². The molecule has 2 heterocycles. The van der Waals surface area contributed by atoms with Gasteiger partial charge in [-0.2, -0.15) is 4.31 Å². The molecule has 2 saturated heterocycles. The second kappa shape index (κ2) is 9.98. The van der Waals surface area contributed by atoms with Crippen LogP contribution in [0.5, 0.6) is 0 Å². The first-order valence-electron chi connectivity index (χ1n) is 11.4. The molecule has 2 aliphatic heterocycles. The summed E-state index contributed by atoms with van der Waals surface area (Å²) in [5.41, 5.74) is 2.24. The van der Waals surface area contributed by atoms with E-state index in [9.17, 15) is 23.3 Å². The number of anilines is 3. The Labute approximate surface area is 199 Å². The third-order valence-corrected chi connectivity index (χ3v) is 7.63. The lowest BCUT2D eigenvalue weighted by Crippen LogP contribution is -2.48. The van der Waals surface area contributed by atoms with Crippen molar-refractivity contribution in [2.45, 2.75) is 19.3 Å². The minimum absolute atomic E-state index is 0.0573. The number of piperidine rings is 1. The van der Waals surface area contributed by atoms with E-state index in [0.29, 0.717) is 37.6 Å². The molecule has 2 aromatic rings. The third-order valence-electron chi connectivity index (χ3n) is 6.33. The highest BCUT2D eigenvalue weighted by atomic mass is 32.2. The van der Waals surface area contributed by atoms with Gasteiger partial charge in [0.15, 0.2) is 0 Å². The fourth-order valence-electron chi connectivity index (χ4n) is 4.45. The molecule has 2 aliphatic rings. The molecule has 1 amide bonds. The highest BCUT2D eigenvalue weighted by molar-refractivity contribution is 7.88. The molecule has 0 atom stereocenters. The fourth-order valence-corrected chi connectivity index (χ4v) is 5.28. The molecule has 2 fully saturated rings. The molecule has 10 nitrogen and oxygen atoms in total. The quantitative estimate of drug-likeness (QED) is 0.492. The van der Waals surface area contributed by atoms with E-state index in [-0.39, 0.29) is 11.3 Å². The Bertz CT molecular complexity index is 1150. The number of nitrogens with one attached hydrogen (secondary N) is 1. The average molecular weight is 488 g/mol. The van der Waals surface area contributed by atoms with E-state index in [1.807, 2.05) is 17.0 Å². The van der Waals surface area contributed by atoms with E-state index in [4.69, 9.17) is 0 Å². The van der Waals surface area contributed by atoms with Crippen LogP contribution in [0.15, 0.2) is 42.5 Å². The maximum absolute atomic E-state index is 12.8. The molecule has 0 radical (unpaired) electrons. The van der Waals surface area contributed by atoms with E-state index in [1.165, 1.54) is 16.6 Å². The normalized spacial score (nSPS) is 17.4. The van der Waals surface area contributed by atoms with Gasteiger partial charge in [0.05, 0.1) is 11.2 Å². The van der Waals surface area contributed by atoms with Crippen molar-refractivity contribution in [2.24, 2.45) is 0 Å². The monoisotopic (exact) mass is 487 g/mol. The van der Waals surface area contributed by atoms with Gasteiger partial charge in [0, 0.05) is 62.3 Å². The van der Waals surface area contributed by atoms with Crippen molar-refractivity contribution < 1.29 is 18.1 Å². The van der Waals surface area contributed by atoms with Crippen LogP contribution in [0.25, 0.3) is 0 Å². The molecule has 0 spiro atoms. The summed E-state index contributed by atoms with van der Waals surface area (Å²) in [7, 11) is -3.18. The Morgan fingerprint density at radius 3 is 2.15 bits per heavy atom. The van der Waals surface area contributed by atoms with Crippen molar-refractivity contribution in [3.63, 3.8) is 0 Å². The van der Waals surface area contributed by atoms with Crippen molar-refractivity contribution >= 4 is 38.7 Å². The Morgan fingerprint density at radius 1 is 0.912 bits per heavy atom. The number of benzene rings is 2. The molecular weight excluding hydrogens is 458 g/mol. The van der Waals surface area contributed by atoms with Gasteiger partial charge in [-0.3, -0.25) is 14.9 Å². The predicted molar refractivity (Wildman–Crippen MR) is 132 cm³/mol. The summed E-state index contributed by atoms with van der Waals surface area (Å²) in [6, 6.07) is 11.9. The first kappa shape index (κ1) is 24.0. The predicted octanol–water partition coefficient (Wildman–Crippen LogP) is 2.92. The highest BCUT2D eigenvalue weighted by Gasteiger charge is 2.24. The van der Waals surface area contributed by atoms with Crippen molar-refractivity contribution in [3.8, 4) is 0 Å². The molecule has 182 valence electrons. The summed E-state index contributed by atoms with van der Waals surface area (Å²) in [6.45, 7) is 3.61. The maximum atomic E-state index is 12.8. The molecule has 0 aromatic heterocycles. The lowest BCUT2D eigenvalue weighted by molar-refractivity contribution is -0.384. The van der Waals surface area contributed by atoms with Crippen LogP contribution in [-0.2, 0) is 10.0 Å². The molecule has 0 unspecified atom stereocenters. The maximum Gasteiger partial charge on any atom is 0.293 e. The number of nitro groups is 1. The topological polar surface area (TPSA) is 116 Å². The van der Waals surface area contributed by atoms with Gasteiger partial charge in [0.2, 0.25) is 10.0 Å². The molecule has 0 aliphatic carbocycles. The summed E-state index contributed by atoms with van der Waals surface area (Å²) in [5, 5.41) is 14.5. The van der Waals surface area contributed by atoms with E-state index in [2.05, 4.69) is 10.2 Å². The molecule has 2 aromatic carbocycles. The summed E-state index contributed by atoms with van der Waals surface area (Å²) in [5.74, 6) is -0.414. The smallest absolute Gasteiger partial charge is 0.293 e. The van der Waals surface area contributed by atoms with Crippen LogP contribution in [0.4, 0.5) is 22.7 Å². The summed E-state index contributed by atoms with van der Waals surface area (Å²) >= 11 is 0. The number of carbonyl (C=O) groups is 1. The molecule has 1 N–H and O–H groups in total. The van der Waals surface area contributed by atoms with Crippen molar-refractivity contribution in [2.75, 3.05) is 60.6 Å². The SMILES string of the molecule is CS(=O)(=O)N1CCN(c2ccc(NC(=O)c3ccc(N4CCCCC4)c([N+](=O)[O-])c3)cc2)CC1. The first-order valence-corrected chi connectivity index (χ1v) is 13.2. The molecule has 0 bridgehead atoms. The average Bonchev–Trinajstić information content (AvgIpc) is 2.84. The van der Waals surface area contributed by atoms with Gasteiger partial charge in [-0.05, 0) is 55.7 Å². The number of rotatable bonds is 6. The number of hydrogen-bond donors (Lipinski definition) is 1. The van der Waals surface area contributed by atoms with Gasteiger partial charge in [-0.25, -0.2) is 8.42 Å². The van der Waals surface area contributed by atoms with Gasteiger partial charge >= 0.3 is 0 Å². The Kier molecular flexibility index (Phi) is 7.03. The molecule has 0 saturated carbocycles. The second-order valence-corrected chi connectivity index (χ2v) is 10.6. The van der Waals surface area contributed by atoms with Gasteiger partial charge in [0.1, 0.15) is 5.69 Å². The van der Waals surface area contributed by atoms with Crippen LogP contribution in [0.1, 0.15) is 29.6 Å². The summed E-state index contributed by atoms with van der Waals surface area (Å²) in [6.07, 6.45) is 4.35. The third kappa shape index (κ3) is 5.48. The summed E-state index contributed by atoms with van der Waals surface area (Å²) in [4.78, 5) is 28.1. The minimum atomic E-state index is -3.18. The Morgan fingerprint density at radius 2 is 1.56 bits per heavy atom. The van der Waals surface area contributed by atoms with Crippen molar-refractivity contribution in [3.05, 3.63) is 58.1 Å². The fraction of sp³-hybridized carbons (Fsp3) is 0.435. The zero-order chi connectivity index (χ0) is 24.3. The highest BCUT2D eigenvalue weighted by Crippen LogP contribution is 2.31. The number of carbonyl (C=O) groups excluding carboxylic acids is 1. The second-order valence-electron chi connectivity index (χ2n) is 8.66. The largest absolute Gasteiger partial charge is 0.369 e. The van der Waals surface area contributed by atoms with Crippen LogP contribution in [0.3, 0.4) is 0 Å². The van der Waals surface area contributed by atoms with Gasteiger partial charge in [-0.1, -0.05) is 0 Å². The standard InChI is InChI=1S/C23H29N5O5S/c1-34(32,33)27-15-13-25(14-16-27)20-8-6-19(7-9-20)24-23(29)18-5-10-21(22(17-18)28(30)31)26-11-3-2-4-12-26/h5-10,17H,2-4,11-16H2,1H3,(H,24,29). The zero-order valence-corrected chi connectivity index (χ0v) is 20.0. The number of sulfonamides is 1. The van der Waals surface area contributed by atoms with E-state index >= 15 is 0 Å². The van der Waals surface area contributed by atoms with Crippen LogP contribution < -0.4 is 15.1 Å². The Balaban J connectivity index is 1.42. The van der Waals surface area contributed by atoms with Gasteiger partial charge < -0.3 is 15.1 Å². The van der Waals surface area contributed by atoms with E-state index < -0.39 is 20.9 Å². The number of piperazine rings is 1. The van der Waals surface area contributed by atoms with E-state index in [1.54, 1.807) is 24.3 Å². The molecule has 4 rings (SSSR count). The number of hydrogen-bond acceptors (Lipinski definition) is 7. The van der Waals surface area contributed by atoms with Crippen LogP contribution in [0.2, 0.25) is 0 Å². The number of nitro benzene ring substituents is 1. The summed E-state index contributed by atoms with van der Waals surface area (Å²) < 4.78 is 24.8. The van der Waals surface area contributed by atoms with Crippen LogP contribution in [-0.4, -0.2) is 69.1 Å². The number of nitrogens with zero attached hydrogens (tertiary/aromatic N) is 4. The van der Waals surface area contributed by atoms with Crippen LogP contribution in [0, 0.1) is 10.1 Å². The number of amides is 1. The minimum Gasteiger partial charge on any atom is -0.369 e. The van der Waals surface area contributed by atoms with Gasteiger partial charge in [-0.15, -0.1) is 0 Å². The zero-order valence-electron chi connectivity index (χ0n) is 19.1. The Hall–Kier alpha value is -3.18.